The predicted molar refractivity (Wildman–Crippen MR) is 99.3 cm³/mol. The van der Waals surface area contributed by atoms with Crippen molar-refractivity contribution in [2.24, 2.45) is 11.8 Å². The largest absolute Gasteiger partial charge is 0.484 e. The van der Waals surface area contributed by atoms with Crippen molar-refractivity contribution in [2.45, 2.75) is 13.8 Å². The molecule has 2 fully saturated rings. The molecular weight excluding hydrogens is 332 g/mol. The zero-order chi connectivity index (χ0) is 18.5. The van der Waals surface area contributed by atoms with Crippen LogP contribution in [-0.4, -0.2) is 80.0 Å². The van der Waals surface area contributed by atoms with Crippen molar-refractivity contribution < 1.29 is 19.4 Å². The first-order valence-corrected chi connectivity index (χ1v) is 9.45. The third-order valence-electron chi connectivity index (χ3n) is 5.60. The molecule has 0 aliphatic carbocycles. The molecular formula is C20H30N2O4. The van der Waals surface area contributed by atoms with E-state index < -0.39 is 0 Å². The number of carbonyl (C=O) groups excluding carboxylic acids is 1. The van der Waals surface area contributed by atoms with Crippen LogP contribution in [0.15, 0.2) is 18.2 Å². The summed E-state index contributed by atoms with van der Waals surface area (Å²) in [6.45, 7) is 9.87. The van der Waals surface area contributed by atoms with Crippen LogP contribution >= 0.6 is 0 Å². The van der Waals surface area contributed by atoms with E-state index in [4.69, 9.17) is 9.47 Å². The molecule has 2 saturated heterocycles. The Morgan fingerprint density at radius 3 is 2.62 bits per heavy atom. The fraction of sp³-hybridized carbons (Fsp3) is 0.650. The first kappa shape index (κ1) is 19.1. The van der Waals surface area contributed by atoms with Gasteiger partial charge in [-0.25, -0.2) is 0 Å². The maximum Gasteiger partial charge on any atom is 0.260 e. The van der Waals surface area contributed by atoms with E-state index in [1.54, 1.807) is 0 Å². The molecule has 144 valence electrons. The highest BCUT2D eigenvalue weighted by atomic mass is 16.5. The maximum atomic E-state index is 12.6. The molecule has 2 heterocycles. The third-order valence-corrected chi connectivity index (χ3v) is 5.60. The minimum Gasteiger partial charge on any atom is -0.484 e. The van der Waals surface area contributed by atoms with Crippen LogP contribution in [0.3, 0.4) is 0 Å². The summed E-state index contributed by atoms with van der Waals surface area (Å²) >= 11 is 0. The number of morpholine rings is 1. The van der Waals surface area contributed by atoms with E-state index in [-0.39, 0.29) is 25.0 Å². The lowest BCUT2D eigenvalue weighted by molar-refractivity contribution is -0.132. The van der Waals surface area contributed by atoms with Gasteiger partial charge in [-0.05, 0) is 43.0 Å². The SMILES string of the molecule is Cc1ccc(OCC(=O)N2C[C@@H](CN3CCOCC3)[C@@H](CO)C2)cc1C. The number of amides is 1. The summed E-state index contributed by atoms with van der Waals surface area (Å²) < 4.78 is 11.1. The normalized spacial score (nSPS) is 24.0. The Kier molecular flexibility index (Phi) is 6.51. The van der Waals surface area contributed by atoms with Gasteiger partial charge in [0.1, 0.15) is 5.75 Å². The van der Waals surface area contributed by atoms with E-state index in [0.717, 1.165) is 44.2 Å². The fourth-order valence-corrected chi connectivity index (χ4v) is 3.71. The number of aliphatic hydroxyl groups excluding tert-OH is 1. The van der Waals surface area contributed by atoms with Crippen molar-refractivity contribution in [1.82, 2.24) is 9.80 Å². The molecule has 0 unspecified atom stereocenters. The van der Waals surface area contributed by atoms with E-state index in [2.05, 4.69) is 11.8 Å². The van der Waals surface area contributed by atoms with E-state index in [1.165, 1.54) is 5.56 Å². The number of hydrogen-bond acceptors (Lipinski definition) is 5. The van der Waals surface area contributed by atoms with Gasteiger partial charge in [-0.3, -0.25) is 9.69 Å². The van der Waals surface area contributed by atoms with Gasteiger partial charge in [-0.1, -0.05) is 6.07 Å². The standard InChI is InChI=1S/C20H30N2O4/c1-15-3-4-19(9-16(15)2)26-14-20(24)22-11-17(18(12-22)13-23)10-21-5-7-25-8-6-21/h3-4,9,17-18,23H,5-8,10-14H2,1-2H3/t17-,18-/m1/s1. The van der Waals surface area contributed by atoms with Crippen molar-refractivity contribution in [3.8, 4) is 5.75 Å². The third kappa shape index (κ3) is 4.75. The minimum absolute atomic E-state index is 0.00819. The van der Waals surface area contributed by atoms with Crippen LogP contribution in [-0.2, 0) is 9.53 Å². The van der Waals surface area contributed by atoms with Crippen LogP contribution in [0.5, 0.6) is 5.75 Å². The first-order chi connectivity index (χ1) is 12.6. The van der Waals surface area contributed by atoms with Crippen molar-refractivity contribution in [2.75, 3.05) is 59.2 Å². The summed E-state index contributed by atoms with van der Waals surface area (Å²) in [5.74, 6) is 1.17. The lowest BCUT2D eigenvalue weighted by Crippen LogP contribution is -2.41. The van der Waals surface area contributed by atoms with Crippen molar-refractivity contribution in [1.29, 1.82) is 0 Å². The first-order valence-electron chi connectivity index (χ1n) is 9.45. The van der Waals surface area contributed by atoms with Crippen molar-refractivity contribution in [3.05, 3.63) is 29.3 Å². The Morgan fingerprint density at radius 2 is 1.92 bits per heavy atom. The fourth-order valence-electron chi connectivity index (χ4n) is 3.71. The van der Waals surface area contributed by atoms with Crippen LogP contribution in [0.2, 0.25) is 0 Å². The highest BCUT2D eigenvalue weighted by Gasteiger charge is 2.36. The molecule has 2 aliphatic rings. The lowest BCUT2D eigenvalue weighted by atomic mass is 9.96. The van der Waals surface area contributed by atoms with E-state index in [1.807, 2.05) is 30.0 Å². The van der Waals surface area contributed by atoms with Crippen LogP contribution < -0.4 is 4.74 Å². The zero-order valence-corrected chi connectivity index (χ0v) is 15.8. The maximum absolute atomic E-state index is 12.6. The zero-order valence-electron chi connectivity index (χ0n) is 15.8. The van der Waals surface area contributed by atoms with Gasteiger partial charge in [0, 0.05) is 45.2 Å². The molecule has 1 aromatic rings. The Hall–Kier alpha value is -1.63. The number of hydrogen-bond donors (Lipinski definition) is 1. The minimum atomic E-state index is -0.00819. The lowest BCUT2D eigenvalue weighted by Gasteiger charge is -2.30. The highest BCUT2D eigenvalue weighted by Crippen LogP contribution is 2.25. The van der Waals surface area contributed by atoms with Gasteiger partial charge in [-0.15, -0.1) is 0 Å². The molecule has 0 spiro atoms. The quantitative estimate of drug-likeness (QED) is 0.821. The molecule has 1 aromatic carbocycles. The molecule has 26 heavy (non-hydrogen) atoms. The molecule has 3 rings (SSSR count). The molecule has 0 radical (unpaired) electrons. The van der Waals surface area contributed by atoms with Crippen molar-refractivity contribution in [3.63, 3.8) is 0 Å². The van der Waals surface area contributed by atoms with Crippen LogP contribution in [0.25, 0.3) is 0 Å². The number of carbonyl (C=O) groups is 1. The molecule has 2 atom stereocenters. The number of rotatable bonds is 6. The topological polar surface area (TPSA) is 62.2 Å². The predicted octanol–water partition coefficient (Wildman–Crippen LogP) is 1.08. The molecule has 2 aliphatic heterocycles. The number of likely N-dealkylation sites (tertiary alicyclic amines) is 1. The molecule has 0 bridgehead atoms. The molecule has 6 nitrogen and oxygen atoms in total. The Balaban J connectivity index is 1.51. The summed E-state index contributed by atoms with van der Waals surface area (Å²) in [7, 11) is 0. The average molecular weight is 362 g/mol. The van der Waals surface area contributed by atoms with E-state index >= 15 is 0 Å². The van der Waals surface area contributed by atoms with Gasteiger partial charge in [0.15, 0.2) is 6.61 Å². The second-order valence-corrected chi connectivity index (χ2v) is 7.45. The summed E-state index contributed by atoms with van der Waals surface area (Å²) in [6.07, 6.45) is 0. The Morgan fingerprint density at radius 1 is 1.19 bits per heavy atom. The van der Waals surface area contributed by atoms with Crippen LogP contribution in [0.1, 0.15) is 11.1 Å². The van der Waals surface area contributed by atoms with Gasteiger partial charge in [0.05, 0.1) is 13.2 Å². The van der Waals surface area contributed by atoms with Gasteiger partial charge in [-0.2, -0.15) is 0 Å². The molecule has 0 saturated carbocycles. The number of aliphatic hydroxyl groups is 1. The van der Waals surface area contributed by atoms with Gasteiger partial charge >= 0.3 is 0 Å². The van der Waals surface area contributed by atoms with Crippen LogP contribution in [0.4, 0.5) is 0 Å². The molecule has 6 heteroatoms. The summed E-state index contributed by atoms with van der Waals surface area (Å²) in [6, 6.07) is 5.87. The molecule has 0 aromatic heterocycles. The van der Waals surface area contributed by atoms with E-state index in [9.17, 15) is 9.90 Å². The molecule has 1 N–H and O–H groups in total. The summed E-state index contributed by atoms with van der Waals surface area (Å²) in [4.78, 5) is 16.8. The van der Waals surface area contributed by atoms with Crippen LogP contribution in [0, 0.1) is 25.7 Å². The highest BCUT2D eigenvalue weighted by molar-refractivity contribution is 5.78. The number of aryl methyl sites for hydroxylation is 2. The van der Waals surface area contributed by atoms with Crippen molar-refractivity contribution >= 4 is 5.91 Å². The van der Waals surface area contributed by atoms with Gasteiger partial charge in [0.25, 0.3) is 5.91 Å². The smallest absolute Gasteiger partial charge is 0.260 e. The second kappa shape index (κ2) is 8.84. The average Bonchev–Trinajstić information content (AvgIpc) is 3.06. The number of ether oxygens (including phenoxy) is 2. The summed E-state index contributed by atoms with van der Waals surface area (Å²) in [5.41, 5.74) is 2.36. The Bertz CT molecular complexity index is 616. The monoisotopic (exact) mass is 362 g/mol. The second-order valence-electron chi connectivity index (χ2n) is 7.45. The Labute approximate surface area is 155 Å². The summed E-state index contributed by atoms with van der Waals surface area (Å²) in [5, 5.41) is 9.72. The number of nitrogens with zero attached hydrogens (tertiary/aromatic N) is 2. The molecule has 1 amide bonds. The van der Waals surface area contributed by atoms with Gasteiger partial charge < -0.3 is 19.5 Å². The number of benzene rings is 1. The van der Waals surface area contributed by atoms with Gasteiger partial charge in [0.2, 0.25) is 0 Å². The van der Waals surface area contributed by atoms with E-state index in [0.29, 0.717) is 19.0 Å².